The second-order valence-electron chi connectivity index (χ2n) is 6.34. The topological polar surface area (TPSA) is 78.4 Å². The van der Waals surface area contributed by atoms with Gasteiger partial charge in [-0.15, -0.1) is 11.3 Å². The fourth-order valence-electron chi connectivity index (χ4n) is 2.43. The van der Waals surface area contributed by atoms with Crippen LogP contribution >= 0.6 is 11.3 Å². The molecule has 1 heterocycles. The smallest absolute Gasteiger partial charge is 0.314 e. The molecule has 0 radical (unpaired) electrons. The predicted molar refractivity (Wildman–Crippen MR) is 82.7 cm³/mol. The number of amides is 2. The van der Waals surface area contributed by atoms with Gasteiger partial charge in [0.15, 0.2) is 0 Å². The minimum atomic E-state index is -0.812. The average molecular weight is 310 g/mol. The van der Waals surface area contributed by atoms with Gasteiger partial charge in [0.05, 0.1) is 5.41 Å². The third-order valence-corrected chi connectivity index (χ3v) is 5.47. The van der Waals surface area contributed by atoms with Crippen LogP contribution in [-0.2, 0) is 10.2 Å². The van der Waals surface area contributed by atoms with E-state index in [0.29, 0.717) is 19.4 Å². The number of carbonyl (C=O) groups excluding carboxylic acids is 1. The standard InChI is InChI=1S/C15H22N2O3S/c1-14(2,11-5-3-8-21-11)9-16-13(20)17-10-15(12(18)19)6-4-7-15/h3,5,8H,4,6-7,9-10H2,1-2H3,(H,18,19)(H2,16,17,20). The molecular formula is C15H22N2O3S. The van der Waals surface area contributed by atoms with Crippen molar-refractivity contribution in [2.45, 2.75) is 38.5 Å². The molecule has 116 valence electrons. The molecule has 0 bridgehead atoms. The number of carboxylic acid groups (broad SMARTS) is 1. The molecule has 5 nitrogen and oxygen atoms in total. The summed E-state index contributed by atoms with van der Waals surface area (Å²) in [6.07, 6.45) is 2.20. The van der Waals surface area contributed by atoms with E-state index in [1.165, 1.54) is 4.88 Å². The van der Waals surface area contributed by atoms with Gasteiger partial charge in [-0.05, 0) is 24.3 Å². The third kappa shape index (κ3) is 3.56. The highest BCUT2D eigenvalue weighted by Crippen LogP contribution is 2.40. The number of urea groups is 1. The van der Waals surface area contributed by atoms with Crippen molar-refractivity contribution in [3.63, 3.8) is 0 Å². The molecule has 1 aliphatic carbocycles. The maximum atomic E-state index is 11.9. The van der Waals surface area contributed by atoms with Crippen molar-refractivity contribution in [2.24, 2.45) is 5.41 Å². The highest BCUT2D eigenvalue weighted by atomic mass is 32.1. The number of carbonyl (C=O) groups is 2. The van der Waals surface area contributed by atoms with Gasteiger partial charge in [-0.2, -0.15) is 0 Å². The molecule has 0 spiro atoms. The summed E-state index contributed by atoms with van der Waals surface area (Å²) in [5.41, 5.74) is -0.882. The number of aliphatic carboxylic acids is 1. The summed E-state index contributed by atoms with van der Waals surface area (Å²) in [5.74, 6) is -0.812. The molecule has 1 aromatic rings. The molecule has 2 rings (SSSR count). The summed E-state index contributed by atoms with van der Waals surface area (Å²) in [6.45, 7) is 4.86. The zero-order valence-corrected chi connectivity index (χ0v) is 13.3. The Morgan fingerprint density at radius 2 is 2.10 bits per heavy atom. The van der Waals surface area contributed by atoms with Crippen LogP contribution in [0.5, 0.6) is 0 Å². The van der Waals surface area contributed by atoms with Gasteiger partial charge in [-0.25, -0.2) is 4.79 Å². The Morgan fingerprint density at radius 1 is 1.38 bits per heavy atom. The van der Waals surface area contributed by atoms with E-state index in [4.69, 9.17) is 0 Å². The summed E-state index contributed by atoms with van der Waals surface area (Å²) in [6, 6.07) is 3.75. The van der Waals surface area contributed by atoms with E-state index in [2.05, 4.69) is 30.5 Å². The van der Waals surface area contributed by atoms with E-state index in [-0.39, 0.29) is 18.0 Å². The van der Waals surface area contributed by atoms with Crippen molar-refractivity contribution in [3.05, 3.63) is 22.4 Å². The number of thiophene rings is 1. The van der Waals surface area contributed by atoms with Crippen LogP contribution in [0.2, 0.25) is 0 Å². The first-order valence-electron chi connectivity index (χ1n) is 7.15. The van der Waals surface area contributed by atoms with E-state index in [9.17, 15) is 14.7 Å². The third-order valence-electron chi connectivity index (χ3n) is 4.23. The molecular weight excluding hydrogens is 288 g/mol. The quantitative estimate of drug-likeness (QED) is 0.755. The van der Waals surface area contributed by atoms with E-state index >= 15 is 0 Å². The summed E-state index contributed by atoms with van der Waals surface area (Å²) in [7, 11) is 0. The minimum absolute atomic E-state index is 0.132. The Morgan fingerprint density at radius 3 is 2.57 bits per heavy atom. The number of hydrogen-bond donors (Lipinski definition) is 3. The molecule has 21 heavy (non-hydrogen) atoms. The number of carboxylic acids is 1. The Bertz CT molecular complexity index is 507. The predicted octanol–water partition coefficient (Wildman–Crippen LogP) is 2.58. The summed E-state index contributed by atoms with van der Waals surface area (Å²) < 4.78 is 0. The van der Waals surface area contributed by atoms with Crippen LogP contribution in [0.15, 0.2) is 17.5 Å². The van der Waals surface area contributed by atoms with Gasteiger partial charge < -0.3 is 15.7 Å². The molecule has 0 unspecified atom stereocenters. The molecule has 0 saturated heterocycles. The first kappa shape index (κ1) is 15.8. The fourth-order valence-corrected chi connectivity index (χ4v) is 3.29. The highest BCUT2D eigenvalue weighted by Gasteiger charge is 2.44. The van der Waals surface area contributed by atoms with Gasteiger partial charge >= 0.3 is 12.0 Å². The molecule has 0 aliphatic heterocycles. The maximum Gasteiger partial charge on any atom is 0.314 e. The maximum absolute atomic E-state index is 11.9. The zero-order chi connectivity index (χ0) is 15.5. The second-order valence-corrected chi connectivity index (χ2v) is 7.28. The number of rotatable bonds is 6. The lowest BCUT2D eigenvalue weighted by atomic mass is 9.69. The van der Waals surface area contributed by atoms with Crippen LogP contribution in [0.25, 0.3) is 0 Å². The van der Waals surface area contributed by atoms with E-state index in [0.717, 1.165) is 6.42 Å². The van der Waals surface area contributed by atoms with Crippen molar-refractivity contribution in [2.75, 3.05) is 13.1 Å². The molecule has 6 heteroatoms. The van der Waals surface area contributed by atoms with E-state index < -0.39 is 11.4 Å². The summed E-state index contributed by atoms with van der Waals surface area (Å²) in [5, 5.41) is 16.8. The van der Waals surface area contributed by atoms with Crippen LogP contribution in [0.1, 0.15) is 38.0 Å². The molecule has 1 aromatic heterocycles. The lowest BCUT2D eigenvalue weighted by Gasteiger charge is -2.37. The SMILES string of the molecule is CC(C)(CNC(=O)NCC1(C(=O)O)CCC1)c1cccs1. The summed E-state index contributed by atoms with van der Waals surface area (Å²) >= 11 is 1.67. The van der Waals surface area contributed by atoms with Crippen molar-refractivity contribution >= 4 is 23.3 Å². The Hall–Kier alpha value is -1.56. The molecule has 2 amide bonds. The normalized spacial score (nSPS) is 16.9. The molecule has 1 aliphatic rings. The largest absolute Gasteiger partial charge is 0.481 e. The van der Waals surface area contributed by atoms with Gasteiger partial charge in [0, 0.05) is 23.4 Å². The van der Waals surface area contributed by atoms with E-state index in [1.54, 1.807) is 11.3 Å². The van der Waals surface area contributed by atoms with Gasteiger partial charge in [0.25, 0.3) is 0 Å². The molecule has 1 fully saturated rings. The highest BCUT2D eigenvalue weighted by molar-refractivity contribution is 7.10. The first-order chi connectivity index (χ1) is 9.86. The fraction of sp³-hybridized carbons (Fsp3) is 0.600. The molecule has 1 saturated carbocycles. The van der Waals surface area contributed by atoms with Crippen LogP contribution in [0, 0.1) is 5.41 Å². The van der Waals surface area contributed by atoms with Gasteiger partial charge in [-0.1, -0.05) is 26.3 Å². The lowest BCUT2D eigenvalue weighted by molar-refractivity contribution is -0.153. The Balaban J connectivity index is 1.79. The van der Waals surface area contributed by atoms with Crippen molar-refractivity contribution < 1.29 is 14.7 Å². The lowest BCUT2D eigenvalue weighted by Crippen LogP contribution is -2.50. The number of nitrogens with one attached hydrogen (secondary N) is 2. The average Bonchev–Trinajstić information content (AvgIpc) is 2.89. The first-order valence-corrected chi connectivity index (χ1v) is 8.03. The minimum Gasteiger partial charge on any atom is -0.481 e. The monoisotopic (exact) mass is 310 g/mol. The van der Waals surface area contributed by atoms with Crippen LogP contribution in [0.3, 0.4) is 0 Å². The van der Waals surface area contributed by atoms with Crippen molar-refractivity contribution in [1.82, 2.24) is 10.6 Å². The number of hydrogen-bond acceptors (Lipinski definition) is 3. The second kappa shape index (κ2) is 6.05. The van der Waals surface area contributed by atoms with Gasteiger partial charge in [0.1, 0.15) is 0 Å². The van der Waals surface area contributed by atoms with Crippen molar-refractivity contribution in [1.29, 1.82) is 0 Å². The zero-order valence-electron chi connectivity index (χ0n) is 12.4. The summed E-state index contributed by atoms with van der Waals surface area (Å²) in [4.78, 5) is 24.3. The van der Waals surface area contributed by atoms with E-state index in [1.807, 2.05) is 11.4 Å². The Kier molecular flexibility index (Phi) is 4.56. The van der Waals surface area contributed by atoms with Crippen molar-refractivity contribution in [3.8, 4) is 0 Å². The Labute approximate surface area is 128 Å². The van der Waals surface area contributed by atoms with Crippen LogP contribution in [-0.4, -0.2) is 30.2 Å². The molecule has 0 aromatic carbocycles. The van der Waals surface area contributed by atoms with Crippen LogP contribution < -0.4 is 10.6 Å². The van der Waals surface area contributed by atoms with Gasteiger partial charge in [-0.3, -0.25) is 4.79 Å². The molecule has 3 N–H and O–H groups in total. The van der Waals surface area contributed by atoms with Gasteiger partial charge in [0.2, 0.25) is 0 Å². The van der Waals surface area contributed by atoms with Crippen LogP contribution in [0.4, 0.5) is 4.79 Å². The molecule has 0 atom stereocenters.